The summed E-state index contributed by atoms with van der Waals surface area (Å²) in [4.78, 5) is 15.2. The minimum absolute atomic E-state index is 0.135. The summed E-state index contributed by atoms with van der Waals surface area (Å²) in [6.07, 6.45) is 0. The Kier molecular flexibility index (Phi) is 2.75. The zero-order chi connectivity index (χ0) is 14.3. The second-order valence-electron chi connectivity index (χ2n) is 4.47. The first-order valence-corrected chi connectivity index (χ1v) is 5.95. The van der Waals surface area contributed by atoms with E-state index < -0.39 is 5.97 Å². The summed E-state index contributed by atoms with van der Waals surface area (Å²) in [5.41, 5.74) is 2.23. The van der Waals surface area contributed by atoms with Gasteiger partial charge in [-0.3, -0.25) is 0 Å². The number of aryl methyl sites for hydroxylation is 1. The number of hydrogen-bond donors (Lipinski definition) is 1. The molecular formula is C15H10FNO3. The van der Waals surface area contributed by atoms with Crippen LogP contribution in [0.5, 0.6) is 0 Å². The molecule has 0 fully saturated rings. The lowest BCUT2D eigenvalue weighted by Crippen LogP contribution is -1.94. The van der Waals surface area contributed by atoms with E-state index in [1.54, 1.807) is 25.1 Å². The molecule has 1 aromatic heterocycles. The number of nitrogens with zero attached hydrogens (tertiary/aromatic N) is 1. The summed E-state index contributed by atoms with van der Waals surface area (Å²) in [6.45, 7) is 1.66. The molecule has 3 aromatic rings. The molecule has 0 spiro atoms. The largest absolute Gasteiger partial charge is 0.478 e. The number of fused-ring (bicyclic) bond motifs is 1. The number of halogens is 1. The van der Waals surface area contributed by atoms with Crippen molar-refractivity contribution >= 4 is 17.1 Å². The van der Waals surface area contributed by atoms with Gasteiger partial charge in [0.05, 0.1) is 5.56 Å². The van der Waals surface area contributed by atoms with Gasteiger partial charge in [-0.25, -0.2) is 14.2 Å². The molecule has 1 heterocycles. The minimum atomic E-state index is -1.03. The molecule has 0 atom stereocenters. The highest BCUT2D eigenvalue weighted by molar-refractivity contribution is 5.92. The maximum absolute atomic E-state index is 13.2. The quantitative estimate of drug-likeness (QED) is 0.772. The second-order valence-corrected chi connectivity index (χ2v) is 4.47. The average Bonchev–Trinajstić information content (AvgIpc) is 2.84. The second kappa shape index (κ2) is 4.45. The van der Waals surface area contributed by atoms with E-state index in [9.17, 15) is 9.18 Å². The van der Waals surface area contributed by atoms with Gasteiger partial charge in [-0.05, 0) is 48.9 Å². The average molecular weight is 271 g/mol. The third-order valence-electron chi connectivity index (χ3n) is 3.04. The van der Waals surface area contributed by atoms with Crippen LogP contribution in [-0.4, -0.2) is 16.1 Å². The third kappa shape index (κ3) is 2.03. The first kappa shape index (κ1) is 12.3. The van der Waals surface area contributed by atoms with E-state index in [0.29, 0.717) is 28.1 Å². The van der Waals surface area contributed by atoms with E-state index in [-0.39, 0.29) is 11.4 Å². The van der Waals surface area contributed by atoms with Crippen LogP contribution in [0, 0.1) is 12.7 Å². The molecule has 1 N–H and O–H groups in total. The van der Waals surface area contributed by atoms with Crippen molar-refractivity contribution in [3.05, 3.63) is 53.3 Å². The van der Waals surface area contributed by atoms with Crippen LogP contribution < -0.4 is 0 Å². The van der Waals surface area contributed by atoms with Crippen molar-refractivity contribution in [1.29, 1.82) is 0 Å². The number of hydrogen-bond acceptors (Lipinski definition) is 3. The number of carbonyl (C=O) groups is 1. The van der Waals surface area contributed by atoms with Gasteiger partial charge >= 0.3 is 5.97 Å². The molecule has 0 aliphatic heterocycles. The summed E-state index contributed by atoms with van der Waals surface area (Å²) in [5, 5.41) is 8.93. The highest BCUT2D eigenvalue weighted by Gasteiger charge is 2.12. The fraction of sp³-hybridized carbons (Fsp3) is 0.0667. The Labute approximate surface area is 113 Å². The highest BCUT2D eigenvalue weighted by atomic mass is 19.1. The first-order valence-electron chi connectivity index (χ1n) is 5.95. The van der Waals surface area contributed by atoms with Gasteiger partial charge in [-0.2, -0.15) is 0 Å². The van der Waals surface area contributed by atoms with Crippen molar-refractivity contribution < 1.29 is 18.7 Å². The molecule has 0 aliphatic rings. The smallest absolute Gasteiger partial charge is 0.335 e. The first-order chi connectivity index (χ1) is 9.54. The van der Waals surface area contributed by atoms with Crippen LogP contribution in [0.25, 0.3) is 22.6 Å². The van der Waals surface area contributed by atoms with Crippen molar-refractivity contribution in [2.75, 3.05) is 0 Å². The van der Waals surface area contributed by atoms with Gasteiger partial charge in [-0.15, -0.1) is 0 Å². The molecule has 5 heteroatoms. The molecule has 0 saturated carbocycles. The predicted molar refractivity (Wildman–Crippen MR) is 71.1 cm³/mol. The summed E-state index contributed by atoms with van der Waals surface area (Å²) in [6, 6.07) is 9.03. The molecule has 100 valence electrons. The third-order valence-corrected chi connectivity index (χ3v) is 3.04. The molecule has 3 rings (SSSR count). The number of rotatable bonds is 2. The van der Waals surface area contributed by atoms with Crippen LogP contribution in [0.2, 0.25) is 0 Å². The van der Waals surface area contributed by atoms with Gasteiger partial charge < -0.3 is 9.52 Å². The number of aromatic nitrogens is 1. The van der Waals surface area contributed by atoms with Crippen LogP contribution in [0.4, 0.5) is 4.39 Å². The standard InChI is InChI=1S/C15H10FNO3/c1-8-6-9(2-4-11(8)16)14-17-12-5-3-10(15(18)19)7-13(12)20-14/h2-7H,1H3,(H,18,19). The van der Waals surface area contributed by atoms with Crippen LogP contribution in [0.15, 0.2) is 40.8 Å². The lowest BCUT2D eigenvalue weighted by molar-refractivity contribution is 0.0697. The summed E-state index contributed by atoms with van der Waals surface area (Å²) in [7, 11) is 0. The summed E-state index contributed by atoms with van der Waals surface area (Å²) < 4.78 is 18.8. The van der Waals surface area contributed by atoms with Crippen LogP contribution in [-0.2, 0) is 0 Å². The fourth-order valence-corrected chi connectivity index (χ4v) is 1.96. The van der Waals surface area contributed by atoms with Crippen molar-refractivity contribution in [2.24, 2.45) is 0 Å². The summed E-state index contributed by atoms with van der Waals surface area (Å²) in [5.74, 6) is -0.980. The Hall–Kier alpha value is -2.69. The SMILES string of the molecule is Cc1cc(-c2nc3ccc(C(=O)O)cc3o2)ccc1F. The molecule has 0 unspecified atom stereocenters. The lowest BCUT2D eigenvalue weighted by atomic mass is 10.1. The molecule has 0 aliphatic carbocycles. The molecule has 0 bridgehead atoms. The van der Waals surface area contributed by atoms with Crippen molar-refractivity contribution in [2.45, 2.75) is 6.92 Å². The molecule has 0 radical (unpaired) electrons. The van der Waals surface area contributed by atoms with Gasteiger partial charge in [0.15, 0.2) is 5.58 Å². The zero-order valence-electron chi connectivity index (χ0n) is 10.6. The van der Waals surface area contributed by atoms with Crippen molar-refractivity contribution in [3.8, 4) is 11.5 Å². The van der Waals surface area contributed by atoms with Gasteiger partial charge in [-0.1, -0.05) is 0 Å². The number of aromatic carboxylic acids is 1. The molecule has 2 aromatic carbocycles. The molecule has 0 saturated heterocycles. The Morgan fingerprint density at radius 1 is 1.25 bits per heavy atom. The van der Waals surface area contributed by atoms with E-state index in [4.69, 9.17) is 9.52 Å². The maximum atomic E-state index is 13.2. The van der Waals surface area contributed by atoms with E-state index in [1.165, 1.54) is 18.2 Å². The lowest BCUT2D eigenvalue weighted by Gasteiger charge is -1.98. The normalized spacial score (nSPS) is 10.9. The Morgan fingerprint density at radius 3 is 2.75 bits per heavy atom. The predicted octanol–water partition coefficient (Wildman–Crippen LogP) is 3.64. The van der Waals surface area contributed by atoms with Gasteiger partial charge in [0, 0.05) is 5.56 Å². The van der Waals surface area contributed by atoms with E-state index >= 15 is 0 Å². The van der Waals surface area contributed by atoms with Gasteiger partial charge in [0.1, 0.15) is 11.3 Å². The molecular weight excluding hydrogens is 261 g/mol. The highest BCUT2D eigenvalue weighted by Crippen LogP contribution is 2.26. The number of carboxylic acids is 1. The fourth-order valence-electron chi connectivity index (χ4n) is 1.96. The summed E-state index contributed by atoms with van der Waals surface area (Å²) >= 11 is 0. The topological polar surface area (TPSA) is 63.3 Å². The van der Waals surface area contributed by atoms with E-state index in [1.807, 2.05) is 0 Å². The Balaban J connectivity index is 2.12. The Morgan fingerprint density at radius 2 is 2.05 bits per heavy atom. The molecule has 4 nitrogen and oxygen atoms in total. The van der Waals surface area contributed by atoms with Gasteiger partial charge in [0.25, 0.3) is 0 Å². The number of oxazole rings is 1. The van der Waals surface area contributed by atoms with Crippen LogP contribution >= 0.6 is 0 Å². The maximum Gasteiger partial charge on any atom is 0.335 e. The van der Waals surface area contributed by atoms with Crippen LogP contribution in [0.3, 0.4) is 0 Å². The number of carboxylic acid groups (broad SMARTS) is 1. The minimum Gasteiger partial charge on any atom is -0.478 e. The van der Waals surface area contributed by atoms with Crippen molar-refractivity contribution in [3.63, 3.8) is 0 Å². The van der Waals surface area contributed by atoms with E-state index in [0.717, 1.165) is 0 Å². The molecule has 20 heavy (non-hydrogen) atoms. The van der Waals surface area contributed by atoms with Crippen molar-refractivity contribution in [1.82, 2.24) is 4.98 Å². The monoisotopic (exact) mass is 271 g/mol. The van der Waals surface area contributed by atoms with Gasteiger partial charge in [0.2, 0.25) is 5.89 Å². The molecule has 0 amide bonds. The zero-order valence-corrected chi connectivity index (χ0v) is 10.6. The van der Waals surface area contributed by atoms with Crippen LogP contribution in [0.1, 0.15) is 15.9 Å². The Bertz CT molecular complexity index is 823. The number of benzene rings is 2. The van der Waals surface area contributed by atoms with E-state index in [2.05, 4.69) is 4.98 Å².